The standard InChI is InChI=1S/C23H17N3O/c1-23(17-12-6-3-7-13-17)21(27)20(16-10-4-2-5-11-16)25-22-24-18-14-8-9-15-19(18)26(22)23/h2-15H,1H3. The van der Waals surface area contributed by atoms with Crippen molar-refractivity contribution in [1.82, 2.24) is 9.55 Å². The van der Waals surface area contributed by atoms with Crippen LogP contribution in [0.15, 0.2) is 89.9 Å². The van der Waals surface area contributed by atoms with Crippen LogP contribution in [0, 0.1) is 0 Å². The Balaban J connectivity index is 1.87. The third kappa shape index (κ3) is 2.20. The van der Waals surface area contributed by atoms with E-state index in [-0.39, 0.29) is 5.78 Å². The summed E-state index contributed by atoms with van der Waals surface area (Å²) in [5.74, 6) is 0.525. The van der Waals surface area contributed by atoms with Crippen molar-refractivity contribution in [1.29, 1.82) is 0 Å². The van der Waals surface area contributed by atoms with Gasteiger partial charge in [0.1, 0.15) is 11.3 Å². The van der Waals surface area contributed by atoms with Gasteiger partial charge in [0.2, 0.25) is 11.7 Å². The number of aromatic nitrogens is 2. The first-order valence-corrected chi connectivity index (χ1v) is 8.92. The third-order valence-corrected chi connectivity index (χ3v) is 5.24. The summed E-state index contributed by atoms with van der Waals surface area (Å²) in [6, 6.07) is 27.3. The molecule has 2 heterocycles. The van der Waals surface area contributed by atoms with E-state index in [9.17, 15) is 4.79 Å². The van der Waals surface area contributed by atoms with Crippen molar-refractivity contribution in [2.24, 2.45) is 4.99 Å². The molecule has 1 aromatic heterocycles. The Bertz CT molecular complexity index is 1190. The molecule has 0 saturated carbocycles. The highest BCUT2D eigenvalue weighted by Crippen LogP contribution is 2.39. The van der Waals surface area contributed by atoms with Crippen LogP contribution in [0.2, 0.25) is 0 Å². The lowest BCUT2D eigenvalue weighted by molar-refractivity contribution is -0.118. The zero-order chi connectivity index (χ0) is 18.4. The molecule has 4 nitrogen and oxygen atoms in total. The van der Waals surface area contributed by atoms with Crippen LogP contribution in [-0.2, 0) is 10.3 Å². The second-order valence-corrected chi connectivity index (χ2v) is 6.83. The van der Waals surface area contributed by atoms with Crippen LogP contribution >= 0.6 is 0 Å². The minimum atomic E-state index is -0.917. The average Bonchev–Trinajstić information content (AvgIpc) is 3.11. The Morgan fingerprint density at radius 2 is 1.44 bits per heavy atom. The number of rotatable bonds is 2. The van der Waals surface area contributed by atoms with E-state index in [0.29, 0.717) is 11.7 Å². The second-order valence-electron chi connectivity index (χ2n) is 6.83. The van der Waals surface area contributed by atoms with Crippen LogP contribution in [0.3, 0.4) is 0 Å². The first kappa shape index (κ1) is 15.7. The molecule has 1 aliphatic heterocycles. The van der Waals surface area contributed by atoms with E-state index in [2.05, 4.69) is 4.99 Å². The fraction of sp³-hybridized carbons (Fsp3) is 0.0870. The summed E-state index contributed by atoms with van der Waals surface area (Å²) in [5, 5.41) is 0. The number of hydrogen-bond acceptors (Lipinski definition) is 3. The molecule has 4 heteroatoms. The van der Waals surface area contributed by atoms with Gasteiger partial charge in [0.05, 0.1) is 11.0 Å². The number of benzene rings is 3. The van der Waals surface area contributed by atoms with Gasteiger partial charge in [-0.15, -0.1) is 0 Å². The molecule has 5 rings (SSSR count). The molecule has 0 fully saturated rings. The summed E-state index contributed by atoms with van der Waals surface area (Å²) in [7, 11) is 0. The maximum Gasteiger partial charge on any atom is 0.232 e. The average molecular weight is 351 g/mol. The maximum atomic E-state index is 13.8. The molecule has 0 N–H and O–H groups in total. The lowest BCUT2D eigenvalue weighted by Crippen LogP contribution is -2.46. The number of para-hydroxylation sites is 2. The molecule has 1 atom stereocenters. The monoisotopic (exact) mass is 351 g/mol. The summed E-state index contributed by atoms with van der Waals surface area (Å²) in [6.07, 6.45) is 0. The van der Waals surface area contributed by atoms with Gasteiger partial charge < -0.3 is 0 Å². The van der Waals surface area contributed by atoms with E-state index in [1.54, 1.807) is 0 Å². The summed E-state index contributed by atoms with van der Waals surface area (Å²) in [4.78, 5) is 23.2. The molecular weight excluding hydrogens is 334 g/mol. The molecule has 4 aromatic rings. The molecule has 0 saturated heterocycles. The summed E-state index contributed by atoms with van der Waals surface area (Å²) < 4.78 is 1.96. The number of aliphatic imine (C=N–C) groups is 1. The Hall–Kier alpha value is -3.53. The predicted octanol–water partition coefficient (Wildman–Crippen LogP) is 4.50. The third-order valence-electron chi connectivity index (χ3n) is 5.24. The van der Waals surface area contributed by atoms with Gasteiger partial charge in [0.25, 0.3) is 0 Å². The molecule has 3 aromatic carbocycles. The molecule has 0 spiro atoms. The van der Waals surface area contributed by atoms with Crippen molar-refractivity contribution in [2.75, 3.05) is 0 Å². The molecule has 130 valence electrons. The molecule has 0 aliphatic carbocycles. The highest BCUT2D eigenvalue weighted by atomic mass is 16.1. The first-order valence-electron chi connectivity index (χ1n) is 8.92. The molecule has 0 amide bonds. The summed E-state index contributed by atoms with van der Waals surface area (Å²) >= 11 is 0. The Labute approximate surface area is 156 Å². The SMILES string of the molecule is CC1(c2ccccc2)C(=O)C(c2ccccc2)=Nc2nc3ccccc3n21. The highest BCUT2D eigenvalue weighted by molar-refractivity contribution is 6.49. The number of carbonyl (C=O) groups excluding carboxylic acids is 1. The van der Waals surface area contributed by atoms with Crippen molar-refractivity contribution in [3.63, 3.8) is 0 Å². The normalized spacial score (nSPS) is 19.0. The number of imidazole rings is 1. The molecule has 1 unspecified atom stereocenters. The van der Waals surface area contributed by atoms with E-state index in [1.165, 1.54) is 0 Å². The van der Waals surface area contributed by atoms with Gasteiger partial charge in [-0.2, -0.15) is 0 Å². The van der Waals surface area contributed by atoms with Crippen LogP contribution in [0.5, 0.6) is 0 Å². The summed E-state index contributed by atoms with van der Waals surface area (Å²) in [6.45, 7) is 1.96. The predicted molar refractivity (Wildman–Crippen MR) is 107 cm³/mol. The van der Waals surface area contributed by atoms with Crippen molar-refractivity contribution < 1.29 is 4.79 Å². The fourth-order valence-electron chi connectivity index (χ4n) is 3.83. The van der Waals surface area contributed by atoms with Crippen LogP contribution in [0.25, 0.3) is 11.0 Å². The smallest absolute Gasteiger partial charge is 0.232 e. The Morgan fingerprint density at radius 1 is 0.815 bits per heavy atom. The van der Waals surface area contributed by atoms with Crippen LogP contribution < -0.4 is 0 Å². The van der Waals surface area contributed by atoms with Gasteiger partial charge in [-0.05, 0) is 24.6 Å². The van der Waals surface area contributed by atoms with E-state index in [0.717, 1.165) is 22.2 Å². The lowest BCUT2D eigenvalue weighted by atomic mass is 9.82. The van der Waals surface area contributed by atoms with E-state index in [4.69, 9.17) is 4.98 Å². The number of nitrogens with zero attached hydrogens (tertiary/aromatic N) is 3. The first-order chi connectivity index (χ1) is 13.2. The van der Waals surface area contributed by atoms with Crippen LogP contribution in [0.4, 0.5) is 5.95 Å². The molecule has 0 radical (unpaired) electrons. The lowest BCUT2D eigenvalue weighted by Gasteiger charge is -2.35. The van der Waals surface area contributed by atoms with E-state index in [1.807, 2.05) is 96.4 Å². The fourth-order valence-corrected chi connectivity index (χ4v) is 3.83. The maximum absolute atomic E-state index is 13.8. The number of fused-ring (bicyclic) bond motifs is 3. The van der Waals surface area contributed by atoms with E-state index < -0.39 is 5.54 Å². The van der Waals surface area contributed by atoms with Crippen LogP contribution in [0.1, 0.15) is 18.1 Å². The van der Waals surface area contributed by atoms with Gasteiger partial charge in [-0.25, -0.2) is 9.98 Å². The van der Waals surface area contributed by atoms with Crippen molar-refractivity contribution in [3.05, 3.63) is 96.1 Å². The molecule has 1 aliphatic rings. The van der Waals surface area contributed by atoms with Crippen molar-refractivity contribution >= 4 is 28.5 Å². The molecular formula is C23H17N3O. The van der Waals surface area contributed by atoms with Crippen molar-refractivity contribution in [3.8, 4) is 0 Å². The Kier molecular flexibility index (Phi) is 3.34. The van der Waals surface area contributed by atoms with Gasteiger partial charge in [-0.3, -0.25) is 9.36 Å². The second kappa shape index (κ2) is 5.74. The molecule has 0 bridgehead atoms. The minimum absolute atomic E-state index is 0.0319. The number of Topliss-reactive ketones (excluding diaryl/α,β-unsaturated/α-hetero) is 1. The van der Waals surface area contributed by atoms with Crippen molar-refractivity contribution in [2.45, 2.75) is 12.5 Å². The highest BCUT2D eigenvalue weighted by Gasteiger charge is 2.45. The number of hydrogen-bond donors (Lipinski definition) is 0. The zero-order valence-electron chi connectivity index (χ0n) is 14.8. The molecule has 27 heavy (non-hydrogen) atoms. The quantitative estimate of drug-likeness (QED) is 0.534. The van der Waals surface area contributed by atoms with Gasteiger partial charge >= 0.3 is 0 Å². The zero-order valence-corrected chi connectivity index (χ0v) is 14.8. The van der Waals surface area contributed by atoms with Gasteiger partial charge in [0.15, 0.2) is 0 Å². The topological polar surface area (TPSA) is 47.2 Å². The Morgan fingerprint density at radius 3 is 2.19 bits per heavy atom. The summed E-state index contributed by atoms with van der Waals surface area (Å²) in [5.41, 5.74) is 3.00. The van der Waals surface area contributed by atoms with Gasteiger partial charge in [0, 0.05) is 5.56 Å². The van der Waals surface area contributed by atoms with E-state index >= 15 is 0 Å². The minimum Gasteiger partial charge on any atom is -0.291 e. The largest absolute Gasteiger partial charge is 0.291 e. The van der Waals surface area contributed by atoms with Crippen LogP contribution in [-0.4, -0.2) is 21.0 Å². The number of ketones is 1. The number of carbonyl (C=O) groups is 1. The van der Waals surface area contributed by atoms with Gasteiger partial charge in [-0.1, -0.05) is 72.8 Å².